The van der Waals surface area contributed by atoms with E-state index in [-0.39, 0.29) is 5.92 Å². The number of aliphatic hydroxyl groups is 1. The molecule has 0 spiro atoms. The van der Waals surface area contributed by atoms with Gasteiger partial charge >= 0.3 is 12.1 Å². The third-order valence-corrected chi connectivity index (χ3v) is 4.20. The number of hydrogen-bond acceptors (Lipinski definition) is 4. The Hall–Kier alpha value is -2.13. The predicted octanol–water partition coefficient (Wildman–Crippen LogP) is 1.42. The Labute approximate surface area is 141 Å². The van der Waals surface area contributed by atoms with Crippen molar-refractivity contribution in [1.82, 2.24) is 15.8 Å². The van der Waals surface area contributed by atoms with Gasteiger partial charge in [0.25, 0.3) is 5.91 Å². The minimum absolute atomic E-state index is 0.342. The van der Waals surface area contributed by atoms with Crippen molar-refractivity contribution in [1.29, 1.82) is 0 Å². The van der Waals surface area contributed by atoms with Gasteiger partial charge < -0.3 is 15.7 Å². The molecule has 4 N–H and O–H groups in total. The van der Waals surface area contributed by atoms with Gasteiger partial charge in [-0.2, -0.15) is 5.01 Å². The molecule has 5 amide bonds. The molecule has 124 valence electrons. The second kappa shape index (κ2) is 6.55. The molecule has 0 aliphatic carbocycles. The molecule has 1 atom stereocenters. The van der Waals surface area contributed by atoms with Crippen LogP contribution in [-0.2, 0) is 4.79 Å². The first kappa shape index (κ1) is 17.2. The Kier molecular flexibility index (Phi) is 4.90. The van der Waals surface area contributed by atoms with Crippen LogP contribution in [0.1, 0.15) is 13.8 Å². The number of imide groups is 1. The molecular weight excluding hydrogens is 368 g/mol. The molecule has 1 aliphatic heterocycles. The van der Waals surface area contributed by atoms with Crippen LogP contribution in [0.4, 0.5) is 15.3 Å². The molecule has 1 saturated heterocycles. The Bertz CT molecular complexity index is 634. The van der Waals surface area contributed by atoms with Gasteiger partial charge in [0.1, 0.15) is 5.54 Å². The summed E-state index contributed by atoms with van der Waals surface area (Å²) in [6.07, 6.45) is 0. The molecule has 1 aliphatic rings. The van der Waals surface area contributed by atoms with E-state index < -0.39 is 30.1 Å². The minimum atomic E-state index is -1.43. The standard InChI is InChI=1S/C14H17BrN4O4/c1-8(2)14(7-20)11(21)19(13(23)17-14)18-12(22)16-10-5-3-9(15)4-6-10/h3-6,8,20H,7H2,1-2H3,(H,17,23)(H2,16,18,22). The van der Waals surface area contributed by atoms with Crippen LogP contribution in [0.3, 0.4) is 0 Å². The van der Waals surface area contributed by atoms with Gasteiger partial charge in [-0.05, 0) is 30.2 Å². The molecule has 0 radical (unpaired) electrons. The monoisotopic (exact) mass is 384 g/mol. The normalized spacial score (nSPS) is 20.7. The zero-order valence-corrected chi connectivity index (χ0v) is 14.2. The minimum Gasteiger partial charge on any atom is -0.393 e. The SMILES string of the molecule is CC(C)C1(CO)NC(=O)N(NC(=O)Nc2ccc(Br)cc2)C1=O. The van der Waals surface area contributed by atoms with E-state index in [2.05, 4.69) is 32.0 Å². The molecule has 23 heavy (non-hydrogen) atoms. The molecule has 2 rings (SSSR count). The number of hydrogen-bond donors (Lipinski definition) is 4. The molecule has 1 heterocycles. The molecule has 1 unspecified atom stereocenters. The largest absolute Gasteiger partial charge is 0.393 e. The van der Waals surface area contributed by atoms with Crippen LogP contribution in [0.25, 0.3) is 0 Å². The first-order chi connectivity index (χ1) is 10.8. The van der Waals surface area contributed by atoms with Crippen LogP contribution in [0.5, 0.6) is 0 Å². The van der Waals surface area contributed by atoms with Crippen molar-refractivity contribution in [2.24, 2.45) is 5.92 Å². The number of halogens is 1. The maximum atomic E-state index is 12.4. The average Bonchev–Trinajstić information content (AvgIpc) is 2.74. The van der Waals surface area contributed by atoms with Crippen LogP contribution in [0, 0.1) is 5.92 Å². The Morgan fingerprint density at radius 1 is 1.35 bits per heavy atom. The van der Waals surface area contributed by atoms with Crippen LogP contribution >= 0.6 is 15.9 Å². The van der Waals surface area contributed by atoms with Crippen LogP contribution in [0.15, 0.2) is 28.7 Å². The summed E-state index contributed by atoms with van der Waals surface area (Å²) < 4.78 is 0.849. The van der Waals surface area contributed by atoms with Gasteiger partial charge in [-0.1, -0.05) is 29.8 Å². The van der Waals surface area contributed by atoms with Gasteiger partial charge in [-0.3, -0.25) is 4.79 Å². The summed E-state index contributed by atoms with van der Waals surface area (Å²) in [4.78, 5) is 36.3. The summed E-state index contributed by atoms with van der Waals surface area (Å²) in [6.45, 7) is 2.83. The van der Waals surface area contributed by atoms with E-state index in [0.29, 0.717) is 10.7 Å². The number of benzene rings is 1. The summed E-state index contributed by atoms with van der Waals surface area (Å²) in [5.41, 5.74) is 1.25. The molecule has 0 bridgehead atoms. The summed E-state index contributed by atoms with van der Waals surface area (Å²) in [7, 11) is 0. The highest BCUT2D eigenvalue weighted by Crippen LogP contribution is 2.24. The maximum Gasteiger partial charge on any atom is 0.344 e. The number of nitrogens with zero attached hydrogens (tertiary/aromatic N) is 1. The number of amides is 5. The fourth-order valence-corrected chi connectivity index (χ4v) is 2.43. The second-order valence-corrected chi connectivity index (χ2v) is 6.34. The number of nitrogens with one attached hydrogen (secondary N) is 3. The first-order valence-corrected chi connectivity index (χ1v) is 7.70. The zero-order valence-electron chi connectivity index (χ0n) is 12.6. The molecular formula is C14H17BrN4O4. The Morgan fingerprint density at radius 3 is 2.43 bits per heavy atom. The highest BCUT2D eigenvalue weighted by molar-refractivity contribution is 9.10. The van der Waals surface area contributed by atoms with E-state index in [1.807, 2.05) is 0 Å². The molecule has 1 aromatic rings. The highest BCUT2D eigenvalue weighted by atomic mass is 79.9. The fraction of sp³-hybridized carbons (Fsp3) is 0.357. The third kappa shape index (κ3) is 3.30. The first-order valence-electron chi connectivity index (χ1n) is 6.91. The van der Waals surface area contributed by atoms with Crippen molar-refractivity contribution in [3.8, 4) is 0 Å². The van der Waals surface area contributed by atoms with Crippen molar-refractivity contribution >= 4 is 39.6 Å². The quantitative estimate of drug-likeness (QED) is 0.588. The molecule has 1 fully saturated rings. The summed E-state index contributed by atoms with van der Waals surface area (Å²) in [6, 6.07) is 5.25. The lowest BCUT2D eigenvalue weighted by Crippen LogP contribution is -2.56. The number of aliphatic hydroxyl groups excluding tert-OH is 1. The number of urea groups is 2. The lowest BCUT2D eigenvalue weighted by Gasteiger charge is -2.28. The van der Waals surface area contributed by atoms with Crippen LogP contribution in [-0.4, -0.2) is 40.2 Å². The van der Waals surface area contributed by atoms with Gasteiger partial charge in [-0.15, -0.1) is 0 Å². The number of anilines is 1. The number of carbonyl (C=O) groups is 3. The molecule has 0 saturated carbocycles. The summed E-state index contributed by atoms with van der Waals surface area (Å²) in [5.74, 6) is -1.05. The molecule has 0 aromatic heterocycles. The Balaban J connectivity index is 2.07. The van der Waals surface area contributed by atoms with Gasteiger partial charge in [0.15, 0.2) is 0 Å². The van der Waals surface area contributed by atoms with Crippen LogP contribution in [0.2, 0.25) is 0 Å². The van der Waals surface area contributed by atoms with Crippen molar-refractivity contribution in [3.05, 3.63) is 28.7 Å². The van der Waals surface area contributed by atoms with E-state index in [9.17, 15) is 19.5 Å². The second-order valence-electron chi connectivity index (χ2n) is 5.43. The van der Waals surface area contributed by atoms with Gasteiger partial charge in [0.2, 0.25) is 0 Å². The predicted molar refractivity (Wildman–Crippen MR) is 86.3 cm³/mol. The fourth-order valence-electron chi connectivity index (χ4n) is 2.17. The Morgan fingerprint density at radius 2 is 1.96 bits per heavy atom. The summed E-state index contributed by atoms with van der Waals surface area (Å²) >= 11 is 3.27. The van der Waals surface area contributed by atoms with Gasteiger partial charge in [0.05, 0.1) is 6.61 Å². The smallest absolute Gasteiger partial charge is 0.344 e. The average molecular weight is 385 g/mol. The molecule has 9 heteroatoms. The number of carbonyl (C=O) groups excluding carboxylic acids is 3. The van der Waals surface area contributed by atoms with E-state index in [4.69, 9.17) is 0 Å². The van der Waals surface area contributed by atoms with E-state index in [1.54, 1.807) is 38.1 Å². The maximum absolute atomic E-state index is 12.4. The van der Waals surface area contributed by atoms with E-state index >= 15 is 0 Å². The van der Waals surface area contributed by atoms with E-state index in [1.165, 1.54) is 0 Å². The third-order valence-electron chi connectivity index (χ3n) is 3.67. The van der Waals surface area contributed by atoms with Crippen LogP contribution < -0.4 is 16.1 Å². The summed E-state index contributed by atoms with van der Waals surface area (Å²) in [5, 5.41) is 15.0. The number of rotatable bonds is 4. The molecule has 8 nitrogen and oxygen atoms in total. The van der Waals surface area contributed by atoms with E-state index in [0.717, 1.165) is 4.47 Å². The van der Waals surface area contributed by atoms with Gasteiger partial charge in [-0.25, -0.2) is 15.0 Å². The molecule has 1 aromatic carbocycles. The lowest BCUT2D eigenvalue weighted by atomic mass is 9.87. The van der Waals surface area contributed by atoms with Crippen molar-refractivity contribution in [2.75, 3.05) is 11.9 Å². The van der Waals surface area contributed by atoms with Crippen molar-refractivity contribution in [3.63, 3.8) is 0 Å². The van der Waals surface area contributed by atoms with Crippen molar-refractivity contribution < 1.29 is 19.5 Å². The highest BCUT2D eigenvalue weighted by Gasteiger charge is 2.53. The van der Waals surface area contributed by atoms with Gasteiger partial charge in [0, 0.05) is 10.2 Å². The van der Waals surface area contributed by atoms with Crippen molar-refractivity contribution in [2.45, 2.75) is 19.4 Å². The topological polar surface area (TPSA) is 111 Å². The zero-order chi connectivity index (χ0) is 17.2. The lowest BCUT2D eigenvalue weighted by molar-refractivity contribution is -0.135. The number of hydrazine groups is 1.